The lowest BCUT2D eigenvalue weighted by molar-refractivity contribution is -0.137. The summed E-state index contributed by atoms with van der Waals surface area (Å²) in [6.45, 7) is 4.19. The molecule has 0 aliphatic heterocycles. The molecule has 4 nitrogen and oxygen atoms in total. The van der Waals surface area contributed by atoms with Crippen LogP contribution in [0.3, 0.4) is 0 Å². The van der Waals surface area contributed by atoms with Crippen molar-refractivity contribution in [2.24, 2.45) is 11.3 Å². The topological polar surface area (TPSA) is 66.4 Å². The summed E-state index contributed by atoms with van der Waals surface area (Å²) in [6, 6.07) is 8.81. The van der Waals surface area contributed by atoms with E-state index in [1.807, 2.05) is 30.3 Å². The number of amides is 1. The minimum absolute atomic E-state index is 0.0208. The quantitative estimate of drug-likeness (QED) is 0.839. The molecule has 0 aromatic heterocycles. The molecule has 1 saturated carbocycles. The van der Waals surface area contributed by atoms with Crippen LogP contribution in [0.2, 0.25) is 0 Å². The molecule has 4 heteroatoms. The molecule has 1 aromatic carbocycles. The van der Waals surface area contributed by atoms with Gasteiger partial charge in [-0.25, -0.2) is 0 Å². The molecule has 3 atom stereocenters. The van der Waals surface area contributed by atoms with Crippen molar-refractivity contribution >= 4 is 11.9 Å². The van der Waals surface area contributed by atoms with Crippen LogP contribution >= 0.6 is 0 Å². The van der Waals surface area contributed by atoms with E-state index in [0.29, 0.717) is 0 Å². The summed E-state index contributed by atoms with van der Waals surface area (Å²) in [6.07, 6.45) is 1.77. The van der Waals surface area contributed by atoms with Crippen LogP contribution in [0.25, 0.3) is 0 Å². The van der Waals surface area contributed by atoms with Crippen LogP contribution in [-0.4, -0.2) is 17.0 Å². The molecule has 20 heavy (non-hydrogen) atoms. The van der Waals surface area contributed by atoms with Gasteiger partial charge >= 0.3 is 5.97 Å². The molecule has 0 bridgehead atoms. The first-order valence-electron chi connectivity index (χ1n) is 7.03. The Labute approximate surface area is 119 Å². The van der Waals surface area contributed by atoms with Gasteiger partial charge in [0, 0.05) is 5.92 Å². The third-order valence-electron chi connectivity index (χ3n) is 4.37. The molecule has 0 spiro atoms. The van der Waals surface area contributed by atoms with Gasteiger partial charge in [-0.1, -0.05) is 44.2 Å². The highest BCUT2D eigenvalue weighted by molar-refractivity contribution is 5.83. The van der Waals surface area contributed by atoms with Gasteiger partial charge in [-0.2, -0.15) is 0 Å². The highest BCUT2D eigenvalue weighted by atomic mass is 16.4. The summed E-state index contributed by atoms with van der Waals surface area (Å²) in [5.74, 6) is -0.912. The first-order chi connectivity index (χ1) is 9.46. The maximum absolute atomic E-state index is 12.2. The van der Waals surface area contributed by atoms with Crippen LogP contribution in [-0.2, 0) is 9.59 Å². The third kappa shape index (κ3) is 3.18. The lowest BCUT2D eigenvalue weighted by Gasteiger charge is -2.18. The predicted molar refractivity (Wildman–Crippen MR) is 76.1 cm³/mol. The molecule has 1 aliphatic rings. The standard InChI is InChI=1S/C16H21NO3/c1-3-16(2)10-12(16)15(20)17-13(9-14(18)19)11-7-5-4-6-8-11/h4-8,12-13H,3,9-10H2,1-2H3,(H,17,20)(H,18,19). The zero-order valence-corrected chi connectivity index (χ0v) is 11.9. The average Bonchev–Trinajstić information content (AvgIpc) is 3.12. The molecule has 3 unspecified atom stereocenters. The average molecular weight is 275 g/mol. The van der Waals surface area contributed by atoms with Crippen molar-refractivity contribution in [2.45, 2.75) is 39.2 Å². The van der Waals surface area contributed by atoms with Crippen LogP contribution in [0, 0.1) is 11.3 Å². The molecule has 2 rings (SSSR count). The number of carboxylic acid groups (broad SMARTS) is 1. The lowest BCUT2D eigenvalue weighted by Crippen LogP contribution is -2.32. The number of rotatable bonds is 6. The zero-order chi connectivity index (χ0) is 14.8. The molecule has 0 heterocycles. The van der Waals surface area contributed by atoms with E-state index < -0.39 is 12.0 Å². The number of aliphatic carboxylic acids is 1. The van der Waals surface area contributed by atoms with Crippen molar-refractivity contribution in [3.05, 3.63) is 35.9 Å². The molecule has 1 amide bonds. The van der Waals surface area contributed by atoms with E-state index >= 15 is 0 Å². The Hall–Kier alpha value is -1.84. The van der Waals surface area contributed by atoms with Crippen molar-refractivity contribution in [2.75, 3.05) is 0 Å². The van der Waals surface area contributed by atoms with Crippen molar-refractivity contribution in [3.63, 3.8) is 0 Å². The number of carboxylic acids is 1. The minimum Gasteiger partial charge on any atom is -0.481 e. The maximum atomic E-state index is 12.2. The Morgan fingerprint density at radius 2 is 2.05 bits per heavy atom. The highest BCUT2D eigenvalue weighted by Crippen LogP contribution is 2.54. The zero-order valence-electron chi connectivity index (χ0n) is 11.9. The second-order valence-corrected chi connectivity index (χ2v) is 5.83. The van der Waals surface area contributed by atoms with Crippen LogP contribution in [0.1, 0.15) is 44.7 Å². The van der Waals surface area contributed by atoms with E-state index in [1.54, 1.807) is 0 Å². The first-order valence-corrected chi connectivity index (χ1v) is 7.03. The van der Waals surface area contributed by atoms with Gasteiger partial charge in [-0.15, -0.1) is 0 Å². The number of carbonyl (C=O) groups is 2. The van der Waals surface area contributed by atoms with E-state index in [4.69, 9.17) is 5.11 Å². The number of carbonyl (C=O) groups excluding carboxylic acids is 1. The molecular formula is C16H21NO3. The smallest absolute Gasteiger partial charge is 0.305 e. The first kappa shape index (κ1) is 14.6. The number of nitrogens with one attached hydrogen (secondary N) is 1. The molecule has 1 fully saturated rings. The SMILES string of the molecule is CCC1(C)CC1C(=O)NC(CC(=O)O)c1ccccc1. The molecule has 0 radical (unpaired) electrons. The van der Waals surface area contributed by atoms with Crippen molar-refractivity contribution in [3.8, 4) is 0 Å². The number of benzene rings is 1. The predicted octanol–water partition coefficient (Wildman–Crippen LogP) is 2.75. The molecule has 1 aliphatic carbocycles. The van der Waals surface area contributed by atoms with E-state index in [9.17, 15) is 9.59 Å². The van der Waals surface area contributed by atoms with E-state index in [-0.39, 0.29) is 23.7 Å². The van der Waals surface area contributed by atoms with E-state index in [0.717, 1.165) is 18.4 Å². The van der Waals surface area contributed by atoms with Crippen molar-refractivity contribution in [1.29, 1.82) is 0 Å². The van der Waals surface area contributed by atoms with Crippen molar-refractivity contribution in [1.82, 2.24) is 5.32 Å². The Morgan fingerprint density at radius 1 is 1.40 bits per heavy atom. The van der Waals surface area contributed by atoms with Crippen LogP contribution in [0.15, 0.2) is 30.3 Å². The number of hydrogen-bond acceptors (Lipinski definition) is 2. The molecular weight excluding hydrogens is 254 g/mol. The summed E-state index contributed by atoms with van der Waals surface area (Å²) in [5, 5.41) is 11.9. The van der Waals surface area contributed by atoms with Gasteiger partial charge in [0.05, 0.1) is 12.5 Å². The summed E-state index contributed by atoms with van der Waals surface area (Å²) in [4.78, 5) is 23.2. The van der Waals surface area contributed by atoms with Gasteiger partial charge in [0.15, 0.2) is 0 Å². The molecule has 2 N–H and O–H groups in total. The van der Waals surface area contributed by atoms with E-state index in [2.05, 4.69) is 19.2 Å². The summed E-state index contributed by atoms with van der Waals surface area (Å²) in [7, 11) is 0. The Morgan fingerprint density at radius 3 is 2.55 bits per heavy atom. The van der Waals surface area contributed by atoms with Crippen molar-refractivity contribution < 1.29 is 14.7 Å². The lowest BCUT2D eigenvalue weighted by atomic mass is 10.0. The van der Waals surface area contributed by atoms with Gasteiger partial charge in [0.2, 0.25) is 5.91 Å². The molecule has 0 saturated heterocycles. The van der Waals surface area contributed by atoms with Gasteiger partial charge in [-0.3, -0.25) is 9.59 Å². The normalized spacial score (nSPS) is 25.8. The maximum Gasteiger partial charge on any atom is 0.305 e. The molecule has 108 valence electrons. The monoisotopic (exact) mass is 275 g/mol. The summed E-state index contributed by atoms with van der Waals surface area (Å²) in [5.41, 5.74) is 0.927. The van der Waals surface area contributed by atoms with Gasteiger partial charge in [0.1, 0.15) is 0 Å². The fourth-order valence-electron chi connectivity index (χ4n) is 2.59. The second kappa shape index (κ2) is 5.65. The minimum atomic E-state index is -0.909. The van der Waals surface area contributed by atoms with Gasteiger partial charge in [-0.05, 0) is 23.8 Å². The molecule has 1 aromatic rings. The fraction of sp³-hybridized carbons (Fsp3) is 0.500. The summed E-state index contributed by atoms with van der Waals surface area (Å²) < 4.78 is 0. The van der Waals surface area contributed by atoms with E-state index in [1.165, 1.54) is 0 Å². The van der Waals surface area contributed by atoms with Crippen LogP contribution in [0.4, 0.5) is 0 Å². The van der Waals surface area contributed by atoms with Gasteiger partial charge in [0.25, 0.3) is 0 Å². The van der Waals surface area contributed by atoms with Crippen LogP contribution < -0.4 is 5.32 Å². The van der Waals surface area contributed by atoms with Gasteiger partial charge < -0.3 is 10.4 Å². The highest BCUT2D eigenvalue weighted by Gasteiger charge is 2.53. The second-order valence-electron chi connectivity index (χ2n) is 5.83. The fourth-order valence-corrected chi connectivity index (χ4v) is 2.59. The van der Waals surface area contributed by atoms with Crippen LogP contribution in [0.5, 0.6) is 0 Å². The summed E-state index contributed by atoms with van der Waals surface area (Å²) >= 11 is 0. The Kier molecular flexibility index (Phi) is 4.12. The Balaban J connectivity index is 2.06. The third-order valence-corrected chi connectivity index (χ3v) is 4.37. The number of hydrogen-bond donors (Lipinski definition) is 2. The Bertz CT molecular complexity index is 500. The largest absolute Gasteiger partial charge is 0.481 e.